The molecule has 0 unspecified atom stereocenters. The zero-order valence-electron chi connectivity index (χ0n) is 16.2. The second-order valence-electron chi connectivity index (χ2n) is 7.16. The van der Waals surface area contributed by atoms with Gasteiger partial charge in [-0.15, -0.1) is 0 Å². The molecule has 156 valence electrons. The van der Waals surface area contributed by atoms with Gasteiger partial charge in [0.25, 0.3) is 0 Å². The van der Waals surface area contributed by atoms with Crippen LogP contribution < -0.4 is 26.4 Å². The molecule has 3 heterocycles. The maximum atomic E-state index is 5.94. The maximum absolute atomic E-state index is 5.94. The second kappa shape index (κ2) is 8.89. The summed E-state index contributed by atoms with van der Waals surface area (Å²) in [6.45, 7) is 6.88. The summed E-state index contributed by atoms with van der Waals surface area (Å²) in [7, 11) is 0. The van der Waals surface area contributed by atoms with Crippen molar-refractivity contribution in [1.82, 2.24) is 14.9 Å². The quantitative estimate of drug-likeness (QED) is 0.571. The molecule has 0 bridgehead atoms. The number of hydrogen-bond acceptors (Lipinski definition) is 9. The summed E-state index contributed by atoms with van der Waals surface area (Å²) in [4.78, 5) is 12.7. The van der Waals surface area contributed by atoms with Crippen molar-refractivity contribution in [1.29, 1.82) is 0 Å². The van der Waals surface area contributed by atoms with Crippen LogP contribution in [0, 0.1) is 0 Å². The van der Waals surface area contributed by atoms with Crippen LogP contribution in [0.5, 0.6) is 5.75 Å². The number of aromatic nitrogens is 2. The van der Waals surface area contributed by atoms with Gasteiger partial charge in [-0.3, -0.25) is 4.90 Å². The van der Waals surface area contributed by atoms with Gasteiger partial charge < -0.3 is 31.2 Å². The van der Waals surface area contributed by atoms with E-state index in [4.69, 9.17) is 32.5 Å². The van der Waals surface area contributed by atoms with E-state index >= 15 is 0 Å². The molecule has 0 atom stereocenters. The van der Waals surface area contributed by atoms with Gasteiger partial charge in [-0.2, -0.15) is 9.97 Å². The van der Waals surface area contributed by atoms with E-state index in [1.54, 1.807) is 0 Å². The monoisotopic (exact) mass is 419 g/mol. The Balaban J connectivity index is 1.21. The highest BCUT2D eigenvalue weighted by Crippen LogP contribution is 2.24. The van der Waals surface area contributed by atoms with Crippen molar-refractivity contribution >= 4 is 34.7 Å². The van der Waals surface area contributed by atoms with E-state index in [1.165, 1.54) is 5.69 Å². The number of ether oxygens (including phenoxy) is 2. The molecule has 4 rings (SSSR count). The summed E-state index contributed by atoms with van der Waals surface area (Å²) in [6.07, 6.45) is 0.197. The van der Waals surface area contributed by atoms with E-state index in [-0.39, 0.29) is 17.2 Å². The van der Waals surface area contributed by atoms with Crippen LogP contribution in [0.4, 0.5) is 23.1 Å². The Labute approximate surface area is 174 Å². The SMILES string of the molecule is Nc1nc(Cl)c(N)c(NCCN2CCN(c3ccc(OC4COC4)cc3)CC2)n1. The predicted octanol–water partition coefficient (Wildman–Crippen LogP) is 1.31. The number of nitrogens with zero attached hydrogens (tertiary/aromatic N) is 4. The zero-order chi connectivity index (χ0) is 20.2. The summed E-state index contributed by atoms with van der Waals surface area (Å²) < 4.78 is 11.0. The van der Waals surface area contributed by atoms with Crippen molar-refractivity contribution < 1.29 is 9.47 Å². The second-order valence-corrected chi connectivity index (χ2v) is 7.52. The van der Waals surface area contributed by atoms with Crippen LogP contribution in [-0.4, -0.2) is 73.5 Å². The third-order valence-electron chi connectivity index (χ3n) is 5.12. The number of nitrogen functional groups attached to an aromatic ring is 2. The molecule has 2 aliphatic heterocycles. The van der Waals surface area contributed by atoms with E-state index in [2.05, 4.69) is 37.2 Å². The zero-order valence-corrected chi connectivity index (χ0v) is 16.9. The number of benzene rings is 1. The number of nitrogens with two attached hydrogens (primary N) is 2. The number of rotatable bonds is 7. The Kier molecular flexibility index (Phi) is 6.08. The van der Waals surface area contributed by atoms with Gasteiger partial charge >= 0.3 is 0 Å². The number of anilines is 4. The molecule has 2 fully saturated rings. The normalized spacial score (nSPS) is 17.8. The lowest BCUT2D eigenvalue weighted by molar-refractivity contribution is -0.0796. The Morgan fingerprint density at radius 3 is 2.48 bits per heavy atom. The molecule has 10 heteroatoms. The lowest BCUT2D eigenvalue weighted by Crippen LogP contribution is -2.47. The molecular formula is C19H26ClN7O2. The van der Waals surface area contributed by atoms with Gasteiger partial charge in [-0.05, 0) is 24.3 Å². The lowest BCUT2D eigenvalue weighted by Gasteiger charge is -2.36. The van der Waals surface area contributed by atoms with E-state index in [1.807, 2.05) is 12.1 Å². The molecule has 29 heavy (non-hydrogen) atoms. The molecule has 2 saturated heterocycles. The van der Waals surface area contributed by atoms with Crippen LogP contribution >= 0.6 is 11.6 Å². The average Bonchev–Trinajstić information content (AvgIpc) is 2.69. The lowest BCUT2D eigenvalue weighted by atomic mass is 10.2. The topological polar surface area (TPSA) is 115 Å². The van der Waals surface area contributed by atoms with Gasteiger partial charge in [0.15, 0.2) is 11.0 Å². The number of hydrogen-bond donors (Lipinski definition) is 3. The van der Waals surface area contributed by atoms with Crippen LogP contribution in [0.3, 0.4) is 0 Å². The standard InChI is InChI=1S/C19H26ClN7O2/c20-17-16(21)18(25-19(22)24-17)23-5-6-26-7-9-27(10-8-26)13-1-3-14(4-2-13)29-15-11-28-12-15/h1-4,15H,5-12,21H2,(H3,22,23,24,25). The first kappa shape index (κ1) is 19.8. The van der Waals surface area contributed by atoms with E-state index in [0.29, 0.717) is 31.3 Å². The minimum atomic E-state index is 0.109. The van der Waals surface area contributed by atoms with Crippen molar-refractivity contribution in [3.8, 4) is 5.75 Å². The smallest absolute Gasteiger partial charge is 0.223 e. The molecule has 1 aromatic carbocycles. The fourth-order valence-corrected chi connectivity index (χ4v) is 3.54. The van der Waals surface area contributed by atoms with Gasteiger partial charge in [0, 0.05) is 45.0 Å². The minimum absolute atomic E-state index is 0.109. The van der Waals surface area contributed by atoms with E-state index in [0.717, 1.165) is 38.5 Å². The van der Waals surface area contributed by atoms with Crippen LogP contribution in [0.1, 0.15) is 0 Å². The molecule has 9 nitrogen and oxygen atoms in total. The molecule has 0 saturated carbocycles. The van der Waals surface area contributed by atoms with E-state index < -0.39 is 0 Å². The predicted molar refractivity (Wildman–Crippen MR) is 115 cm³/mol. The molecule has 0 radical (unpaired) electrons. The van der Waals surface area contributed by atoms with Gasteiger partial charge in [0.1, 0.15) is 17.5 Å². The van der Waals surface area contributed by atoms with Crippen molar-refractivity contribution in [2.24, 2.45) is 0 Å². The maximum Gasteiger partial charge on any atom is 0.223 e. The summed E-state index contributed by atoms with van der Waals surface area (Å²) in [6, 6.07) is 8.32. The van der Waals surface area contributed by atoms with Gasteiger partial charge in [-0.25, -0.2) is 0 Å². The van der Waals surface area contributed by atoms with Crippen LogP contribution in [0.15, 0.2) is 24.3 Å². The molecule has 2 aromatic rings. The molecule has 1 aromatic heterocycles. The number of piperazine rings is 1. The Morgan fingerprint density at radius 2 is 1.83 bits per heavy atom. The first-order chi connectivity index (χ1) is 14.1. The highest BCUT2D eigenvalue weighted by molar-refractivity contribution is 6.32. The molecule has 2 aliphatic rings. The number of nitrogens with one attached hydrogen (secondary N) is 1. The summed E-state index contributed by atoms with van der Waals surface area (Å²) in [5.74, 6) is 1.49. The van der Waals surface area contributed by atoms with Crippen LogP contribution in [0.25, 0.3) is 0 Å². The van der Waals surface area contributed by atoms with Crippen LogP contribution in [-0.2, 0) is 4.74 Å². The summed E-state index contributed by atoms with van der Waals surface area (Å²) in [5, 5.41) is 3.37. The third-order valence-corrected chi connectivity index (χ3v) is 5.41. The number of halogens is 1. The Bertz CT molecular complexity index is 824. The summed E-state index contributed by atoms with van der Waals surface area (Å²) in [5.41, 5.74) is 13.1. The molecule has 0 aliphatic carbocycles. The van der Waals surface area contributed by atoms with Crippen molar-refractivity contribution in [2.45, 2.75) is 6.10 Å². The molecular weight excluding hydrogens is 394 g/mol. The minimum Gasteiger partial charge on any atom is -0.486 e. The van der Waals surface area contributed by atoms with Crippen molar-refractivity contribution in [3.05, 3.63) is 29.4 Å². The molecule has 0 spiro atoms. The van der Waals surface area contributed by atoms with Crippen molar-refractivity contribution in [3.63, 3.8) is 0 Å². The first-order valence-corrected chi connectivity index (χ1v) is 10.1. The van der Waals surface area contributed by atoms with E-state index in [9.17, 15) is 0 Å². The first-order valence-electron chi connectivity index (χ1n) is 9.72. The van der Waals surface area contributed by atoms with Crippen molar-refractivity contribution in [2.75, 3.05) is 74.2 Å². The van der Waals surface area contributed by atoms with Crippen LogP contribution in [0.2, 0.25) is 5.15 Å². The largest absolute Gasteiger partial charge is 0.486 e. The van der Waals surface area contributed by atoms with Gasteiger partial charge in [0.05, 0.1) is 13.2 Å². The Morgan fingerprint density at radius 1 is 1.10 bits per heavy atom. The van der Waals surface area contributed by atoms with Gasteiger partial charge in [0.2, 0.25) is 5.95 Å². The molecule has 0 amide bonds. The Hall–Kier alpha value is -2.49. The molecule has 5 N–H and O–H groups in total. The highest BCUT2D eigenvalue weighted by atomic mass is 35.5. The average molecular weight is 420 g/mol. The third kappa shape index (κ3) is 4.92. The fourth-order valence-electron chi connectivity index (χ4n) is 3.37. The summed E-state index contributed by atoms with van der Waals surface area (Å²) >= 11 is 5.94. The van der Waals surface area contributed by atoms with Gasteiger partial charge in [-0.1, -0.05) is 11.6 Å². The fraction of sp³-hybridized carbons (Fsp3) is 0.474. The highest BCUT2D eigenvalue weighted by Gasteiger charge is 2.21.